The topological polar surface area (TPSA) is 73.3 Å². The molecule has 6 heteroatoms. The van der Waals surface area contributed by atoms with Crippen molar-refractivity contribution in [2.24, 2.45) is 0 Å². The van der Waals surface area contributed by atoms with Gasteiger partial charge >= 0.3 is 0 Å². The molecule has 30 heavy (non-hydrogen) atoms. The Morgan fingerprint density at radius 2 is 2.00 bits per heavy atom. The number of carbonyl (C=O) groups excluding carboxylic acids is 1. The van der Waals surface area contributed by atoms with E-state index in [1.165, 1.54) is 11.8 Å². The third-order valence-electron chi connectivity index (χ3n) is 5.24. The van der Waals surface area contributed by atoms with E-state index in [0.717, 1.165) is 30.6 Å². The zero-order valence-corrected chi connectivity index (χ0v) is 17.2. The third kappa shape index (κ3) is 4.66. The van der Waals surface area contributed by atoms with Gasteiger partial charge in [0.1, 0.15) is 11.3 Å². The summed E-state index contributed by atoms with van der Waals surface area (Å²) in [6.45, 7) is 5.27. The Balaban J connectivity index is 1.63. The van der Waals surface area contributed by atoms with Crippen molar-refractivity contribution in [3.05, 3.63) is 71.4 Å². The van der Waals surface area contributed by atoms with Crippen molar-refractivity contribution in [2.45, 2.75) is 32.8 Å². The molecule has 0 bridgehead atoms. The first-order valence-electron chi connectivity index (χ1n) is 10.2. The van der Waals surface area contributed by atoms with Gasteiger partial charge in [-0.15, -0.1) is 0 Å². The van der Waals surface area contributed by atoms with Crippen LogP contribution < -0.4 is 10.1 Å². The average molecular weight is 403 g/mol. The van der Waals surface area contributed by atoms with Gasteiger partial charge in [0.25, 0.3) is 5.91 Å². The molecule has 6 nitrogen and oxygen atoms in total. The first-order chi connectivity index (χ1) is 14.6. The molecular weight excluding hydrogens is 378 g/mol. The van der Waals surface area contributed by atoms with E-state index < -0.39 is 0 Å². The van der Waals surface area contributed by atoms with Crippen LogP contribution in [0.5, 0.6) is 11.6 Å². The Hall–Kier alpha value is -3.25. The first kappa shape index (κ1) is 20.0. The molecule has 2 aromatic carbocycles. The highest BCUT2D eigenvalue weighted by Crippen LogP contribution is 2.27. The van der Waals surface area contributed by atoms with Gasteiger partial charge in [-0.2, -0.15) is 4.98 Å². The van der Waals surface area contributed by atoms with E-state index in [1.54, 1.807) is 0 Å². The van der Waals surface area contributed by atoms with Crippen LogP contribution in [0.1, 0.15) is 34.3 Å². The quantitative estimate of drug-likeness (QED) is 0.658. The Morgan fingerprint density at radius 3 is 2.73 bits per heavy atom. The number of nitrogens with zero attached hydrogens (tertiary/aromatic N) is 2. The molecule has 2 heterocycles. The predicted molar refractivity (Wildman–Crippen MR) is 115 cm³/mol. The van der Waals surface area contributed by atoms with Crippen LogP contribution in [0, 0.1) is 13.8 Å². The van der Waals surface area contributed by atoms with Gasteiger partial charge in [-0.25, -0.2) is 4.98 Å². The highest BCUT2D eigenvalue weighted by molar-refractivity contribution is 5.96. The fraction of sp³-hybridized carbons (Fsp3) is 0.292. The number of aromatic nitrogens is 2. The van der Waals surface area contributed by atoms with Crippen LogP contribution in [0.25, 0.3) is 11.4 Å². The molecular formula is C24H25N3O3. The molecule has 1 aromatic heterocycles. The SMILES string of the molecule is Cc1ccc(Oc2nc(-c3ccccc3)ncc2C(=O)NCC2CCCO2)cc1C. The number of amides is 1. The maximum atomic E-state index is 12.9. The van der Waals surface area contributed by atoms with Crippen molar-refractivity contribution in [1.29, 1.82) is 0 Å². The molecule has 1 unspecified atom stereocenters. The summed E-state index contributed by atoms with van der Waals surface area (Å²) < 4.78 is 11.6. The molecule has 0 radical (unpaired) electrons. The lowest BCUT2D eigenvalue weighted by molar-refractivity contribution is 0.0855. The zero-order valence-electron chi connectivity index (χ0n) is 17.2. The second kappa shape index (κ2) is 9.05. The maximum absolute atomic E-state index is 12.9. The number of benzene rings is 2. The van der Waals surface area contributed by atoms with Crippen LogP contribution in [0.3, 0.4) is 0 Å². The van der Waals surface area contributed by atoms with Crippen LogP contribution in [-0.2, 0) is 4.74 Å². The molecule has 1 N–H and O–H groups in total. The molecule has 4 rings (SSSR count). The number of hydrogen-bond donors (Lipinski definition) is 1. The molecule has 1 fully saturated rings. The van der Waals surface area contributed by atoms with Crippen molar-refractivity contribution >= 4 is 5.91 Å². The van der Waals surface area contributed by atoms with Crippen LogP contribution in [0.2, 0.25) is 0 Å². The summed E-state index contributed by atoms with van der Waals surface area (Å²) in [4.78, 5) is 21.8. The lowest BCUT2D eigenvalue weighted by Crippen LogP contribution is -2.32. The number of hydrogen-bond acceptors (Lipinski definition) is 5. The molecule has 1 amide bonds. The van der Waals surface area contributed by atoms with Crippen molar-refractivity contribution < 1.29 is 14.3 Å². The van der Waals surface area contributed by atoms with Gasteiger partial charge in [0.2, 0.25) is 5.88 Å². The summed E-state index contributed by atoms with van der Waals surface area (Å²) >= 11 is 0. The van der Waals surface area contributed by atoms with E-state index in [4.69, 9.17) is 9.47 Å². The fourth-order valence-corrected chi connectivity index (χ4v) is 3.32. The summed E-state index contributed by atoms with van der Waals surface area (Å²) in [7, 11) is 0. The highest BCUT2D eigenvalue weighted by atomic mass is 16.5. The van der Waals surface area contributed by atoms with E-state index in [2.05, 4.69) is 15.3 Å². The summed E-state index contributed by atoms with van der Waals surface area (Å²) in [5.41, 5.74) is 3.43. The molecule has 1 aliphatic rings. The molecule has 1 atom stereocenters. The maximum Gasteiger partial charge on any atom is 0.258 e. The number of nitrogens with one attached hydrogen (secondary N) is 1. The number of rotatable bonds is 6. The zero-order chi connectivity index (χ0) is 20.9. The molecule has 1 aliphatic heterocycles. The Morgan fingerprint density at radius 1 is 1.17 bits per heavy atom. The molecule has 0 spiro atoms. The minimum Gasteiger partial charge on any atom is -0.438 e. The normalized spacial score (nSPS) is 15.7. The lowest BCUT2D eigenvalue weighted by atomic mass is 10.1. The molecule has 3 aromatic rings. The molecule has 1 saturated heterocycles. The monoisotopic (exact) mass is 403 g/mol. The Bertz CT molecular complexity index is 1030. The second-order valence-electron chi connectivity index (χ2n) is 7.47. The van der Waals surface area contributed by atoms with Crippen LogP contribution in [-0.4, -0.2) is 35.1 Å². The second-order valence-corrected chi connectivity index (χ2v) is 7.47. The van der Waals surface area contributed by atoms with Crippen molar-refractivity contribution in [3.63, 3.8) is 0 Å². The van der Waals surface area contributed by atoms with Crippen molar-refractivity contribution in [2.75, 3.05) is 13.2 Å². The Kier molecular flexibility index (Phi) is 6.05. The van der Waals surface area contributed by atoms with Gasteiger partial charge in [0.15, 0.2) is 5.82 Å². The summed E-state index contributed by atoms with van der Waals surface area (Å²) in [6.07, 6.45) is 3.56. The van der Waals surface area contributed by atoms with Crippen molar-refractivity contribution in [3.8, 4) is 23.0 Å². The third-order valence-corrected chi connectivity index (χ3v) is 5.24. The summed E-state index contributed by atoms with van der Waals surface area (Å²) in [6, 6.07) is 15.4. The van der Waals surface area contributed by atoms with Gasteiger partial charge in [0, 0.05) is 24.9 Å². The standard InChI is InChI=1S/C24H25N3O3/c1-16-10-11-19(13-17(16)2)30-24-21(23(28)26-14-20-9-6-12-29-20)15-25-22(27-24)18-7-4-3-5-8-18/h3-5,7-8,10-11,13,15,20H,6,9,12,14H2,1-2H3,(H,26,28). The summed E-state index contributed by atoms with van der Waals surface area (Å²) in [5, 5.41) is 2.92. The van der Waals surface area contributed by atoms with Crippen LogP contribution in [0.4, 0.5) is 0 Å². The predicted octanol–water partition coefficient (Wildman–Crippen LogP) is 4.46. The number of ether oxygens (including phenoxy) is 2. The van der Waals surface area contributed by atoms with Crippen molar-refractivity contribution in [1.82, 2.24) is 15.3 Å². The van der Waals surface area contributed by atoms with E-state index >= 15 is 0 Å². The van der Waals surface area contributed by atoms with E-state index in [-0.39, 0.29) is 17.9 Å². The minimum absolute atomic E-state index is 0.0579. The number of aryl methyl sites for hydroxylation is 2. The van der Waals surface area contributed by atoms with Gasteiger partial charge in [-0.05, 0) is 49.9 Å². The van der Waals surface area contributed by atoms with Gasteiger partial charge < -0.3 is 14.8 Å². The Labute approximate surface area is 176 Å². The van der Waals surface area contributed by atoms with E-state index in [9.17, 15) is 4.79 Å². The molecule has 0 aliphatic carbocycles. The fourth-order valence-electron chi connectivity index (χ4n) is 3.32. The largest absolute Gasteiger partial charge is 0.438 e. The smallest absolute Gasteiger partial charge is 0.258 e. The average Bonchev–Trinajstić information content (AvgIpc) is 3.29. The van der Waals surface area contributed by atoms with Gasteiger partial charge in [-0.3, -0.25) is 4.79 Å². The first-order valence-corrected chi connectivity index (χ1v) is 10.2. The highest BCUT2D eigenvalue weighted by Gasteiger charge is 2.21. The van der Waals surface area contributed by atoms with Crippen LogP contribution >= 0.6 is 0 Å². The lowest BCUT2D eigenvalue weighted by Gasteiger charge is -2.14. The van der Waals surface area contributed by atoms with Gasteiger partial charge in [-0.1, -0.05) is 36.4 Å². The molecule has 154 valence electrons. The van der Waals surface area contributed by atoms with Gasteiger partial charge in [0.05, 0.1) is 6.10 Å². The number of carbonyl (C=O) groups is 1. The van der Waals surface area contributed by atoms with Crippen LogP contribution in [0.15, 0.2) is 54.7 Å². The minimum atomic E-state index is -0.274. The van der Waals surface area contributed by atoms with E-state index in [1.807, 2.05) is 62.4 Å². The van der Waals surface area contributed by atoms with E-state index in [0.29, 0.717) is 23.7 Å². The molecule has 0 saturated carbocycles. The summed E-state index contributed by atoms with van der Waals surface area (Å²) in [5.74, 6) is 1.09.